The second kappa shape index (κ2) is 4.42. The van der Waals surface area contributed by atoms with Crippen molar-refractivity contribution in [3.8, 4) is 0 Å². The van der Waals surface area contributed by atoms with E-state index in [0.717, 1.165) is 25.2 Å². The van der Waals surface area contributed by atoms with Crippen molar-refractivity contribution in [2.75, 3.05) is 6.54 Å². The van der Waals surface area contributed by atoms with Gasteiger partial charge in [-0.1, -0.05) is 0 Å². The fourth-order valence-electron chi connectivity index (χ4n) is 2.68. The van der Waals surface area contributed by atoms with E-state index in [9.17, 15) is 0 Å². The number of H-pyrrole nitrogens is 1. The molecule has 1 aliphatic heterocycles. The number of imidazole rings is 1. The highest BCUT2D eigenvalue weighted by atomic mass is 16.5. The second-order valence-electron chi connectivity index (χ2n) is 5.96. The van der Waals surface area contributed by atoms with Crippen molar-refractivity contribution >= 4 is 0 Å². The van der Waals surface area contributed by atoms with Crippen LogP contribution in [0.15, 0.2) is 12.4 Å². The predicted molar refractivity (Wildman–Crippen MR) is 67.9 cm³/mol. The number of nitrogens with one attached hydrogen (secondary N) is 2. The molecule has 1 aromatic heterocycles. The van der Waals surface area contributed by atoms with Gasteiger partial charge in [-0.05, 0) is 34.1 Å². The van der Waals surface area contributed by atoms with Gasteiger partial charge in [0.25, 0.3) is 0 Å². The minimum Gasteiger partial charge on any atom is -0.368 e. The molecule has 0 saturated carbocycles. The molecule has 0 radical (unpaired) electrons. The van der Waals surface area contributed by atoms with Crippen LogP contribution >= 0.6 is 0 Å². The standard InChI is InChI=1S/C13H23N3O/c1-12(2)9-10(13(3,4)17-12)14-6-5-11-15-7-8-16-11/h7-8,10,14H,5-6,9H2,1-4H3,(H,15,16). The maximum atomic E-state index is 6.05. The van der Waals surface area contributed by atoms with Crippen LogP contribution in [0, 0.1) is 0 Å². The third-order valence-corrected chi connectivity index (χ3v) is 3.38. The monoisotopic (exact) mass is 237 g/mol. The number of ether oxygens (including phenoxy) is 1. The maximum Gasteiger partial charge on any atom is 0.107 e. The van der Waals surface area contributed by atoms with Crippen LogP contribution in [0.2, 0.25) is 0 Å². The Hall–Kier alpha value is -0.870. The summed E-state index contributed by atoms with van der Waals surface area (Å²) in [5.41, 5.74) is -0.113. The van der Waals surface area contributed by atoms with Crippen molar-refractivity contribution in [3.05, 3.63) is 18.2 Å². The van der Waals surface area contributed by atoms with Crippen LogP contribution in [0.25, 0.3) is 0 Å². The first-order chi connectivity index (χ1) is 7.89. The summed E-state index contributed by atoms with van der Waals surface area (Å²) in [4.78, 5) is 7.34. The van der Waals surface area contributed by atoms with E-state index < -0.39 is 0 Å². The van der Waals surface area contributed by atoms with Gasteiger partial charge in [0.2, 0.25) is 0 Å². The molecule has 17 heavy (non-hydrogen) atoms. The van der Waals surface area contributed by atoms with Gasteiger partial charge in [-0.25, -0.2) is 4.98 Å². The number of aromatic amines is 1. The summed E-state index contributed by atoms with van der Waals surface area (Å²) in [6.45, 7) is 9.56. The summed E-state index contributed by atoms with van der Waals surface area (Å²) in [5.74, 6) is 1.04. The molecule has 1 fully saturated rings. The normalized spacial score (nSPS) is 26.2. The minimum absolute atomic E-state index is 0.0220. The maximum absolute atomic E-state index is 6.05. The quantitative estimate of drug-likeness (QED) is 0.840. The molecular formula is C13H23N3O. The third kappa shape index (κ3) is 3.07. The molecule has 1 aliphatic rings. The molecule has 4 nitrogen and oxygen atoms in total. The molecule has 0 amide bonds. The Morgan fingerprint density at radius 3 is 2.76 bits per heavy atom. The Labute approximate surface area is 103 Å². The van der Waals surface area contributed by atoms with Crippen LogP contribution in [0.4, 0.5) is 0 Å². The molecule has 2 heterocycles. The van der Waals surface area contributed by atoms with E-state index in [2.05, 4.69) is 43.0 Å². The molecular weight excluding hydrogens is 214 g/mol. The summed E-state index contributed by atoms with van der Waals surface area (Å²) in [6.07, 6.45) is 5.64. The number of aromatic nitrogens is 2. The number of rotatable bonds is 4. The second-order valence-corrected chi connectivity index (χ2v) is 5.96. The highest BCUT2D eigenvalue weighted by molar-refractivity contribution is 4.99. The molecule has 4 heteroatoms. The van der Waals surface area contributed by atoms with Gasteiger partial charge in [-0.15, -0.1) is 0 Å². The van der Waals surface area contributed by atoms with E-state index >= 15 is 0 Å². The van der Waals surface area contributed by atoms with E-state index in [1.165, 1.54) is 0 Å². The lowest BCUT2D eigenvalue weighted by atomic mass is 9.94. The van der Waals surface area contributed by atoms with E-state index in [1.54, 1.807) is 6.20 Å². The van der Waals surface area contributed by atoms with Crippen LogP contribution in [0.1, 0.15) is 39.9 Å². The molecule has 1 unspecified atom stereocenters. The molecule has 2 N–H and O–H groups in total. The molecule has 0 aliphatic carbocycles. The minimum atomic E-state index is -0.0906. The summed E-state index contributed by atoms with van der Waals surface area (Å²) in [5, 5.41) is 3.58. The van der Waals surface area contributed by atoms with Gasteiger partial charge >= 0.3 is 0 Å². The molecule has 1 saturated heterocycles. The van der Waals surface area contributed by atoms with Gasteiger partial charge in [0.15, 0.2) is 0 Å². The fourth-order valence-corrected chi connectivity index (χ4v) is 2.68. The van der Waals surface area contributed by atoms with Crippen molar-refractivity contribution in [2.24, 2.45) is 0 Å². The predicted octanol–water partition coefficient (Wildman–Crippen LogP) is 1.89. The number of hydrogen-bond donors (Lipinski definition) is 2. The molecule has 1 atom stereocenters. The molecule has 0 spiro atoms. The van der Waals surface area contributed by atoms with Crippen molar-refractivity contribution in [3.63, 3.8) is 0 Å². The zero-order valence-corrected chi connectivity index (χ0v) is 11.2. The van der Waals surface area contributed by atoms with E-state index in [-0.39, 0.29) is 11.2 Å². The number of nitrogens with zero attached hydrogens (tertiary/aromatic N) is 1. The van der Waals surface area contributed by atoms with Gasteiger partial charge in [-0.2, -0.15) is 0 Å². The Balaban J connectivity index is 1.83. The summed E-state index contributed by atoms with van der Waals surface area (Å²) in [7, 11) is 0. The van der Waals surface area contributed by atoms with Gasteiger partial charge in [0.05, 0.1) is 11.2 Å². The first-order valence-electron chi connectivity index (χ1n) is 6.31. The zero-order valence-electron chi connectivity index (χ0n) is 11.2. The van der Waals surface area contributed by atoms with Crippen LogP contribution < -0.4 is 5.32 Å². The van der Waals surface area contributed by atoms with Crippen LogP contribution in [-0.4, -0.2) is 33.8 Å². The smallest absolute Gasteiger partial charge is 0.107 e. The highest BCUT2D eigenvalue weighted by Crippen LogP contribution is 2.37. The Morgan fingerprint density at radius 2 is 2.24 bits per heavy atom. The first kappa shape index (κ1) is 12.6. The number of hydrogen-bond acceptors (Lipinski definition) is 3. The highest BCUT2D eigenvalue weighted by Gasteiger charge is 2.45. The largest absolute Gasteiger partial charge is 0.368 e. The van der Waals surface area contributed by atoms with E-state index in [0.29, 0.717) is 6.04 Å². The zero-order chi connectivity index (χ0) is 12.5. The molecule has 0 bridgehead atoms. The first-order valence-corrected chi connectivity index (χ1v) is 6.31. The Morgan fingerprint density at radius 1 is 1.47 bits per heavy atom. The van der Waals surface area contributed by atoms with Gasteiger partial charge in [0, 0.05) is 31.4 Å². The van der Waals surface area contributed by atoms with Gasteiger partial charge < -0.3 is 15.0 Å². The molecule has 0 aromatic carbocycles. The summed E-state index contributed by atoms with van der Waals surface area (Å²) >= 11 is 0. The van der Waals surface area contributed by atoms with Crippen molar-refractivity contribution in [1.82, 2.24) is 15.3 Å². The average Bonchev–Trinajstić information content (AvgIpc) is 2.72. The average molecular weight is 237 g/mol. The third-order valence-electron chi connectivity index (χ3n) is 3.38. The molecule has 2 rings (SSSR count). The van der Waals surface area contributed by atoms with Crippen molar-refractivity contribution in [1.29, 1.82) is 0 Å². The SMILES string of the molecule is CC1(C)CC(NCCc2ncc[nH]2)C(C)(C)O1. The summed E-state index contributed by atoms with van der Waals surface area (Å²) < 4.78 is 6.05. The Kier molecular flexibility index (Phi) is 3.27. The van der Waals surface area contributed by atoms with Crippen LogP contribution in [0.5, 0.6) is 0 Å². The van der Waals surface area contributed by atoms with Crippen LogP contribution in [0.3, 0.4) is 0 Å². The fraction of sp³-hybridized carbons (Fsp3) is 0.769. The van der Waals surface area contributed by atoms with E-state index in [1.807, 2.05) is 6.20 Å². The summed E-state index contributed by atoms with van der Waals surface area (Å²) in [6, 6.07) is 0.410. The van der Waals surface area contributed by atoms with Crippen molar-refractivity contribution < 1.29 is 4.74 Å². The lowest BCUT2D eigenvalue weighted by molar-refractivity contribution is -0.0697. The van der Waals surface area contributed by atoms with Crippen LogP contribution in [-0.2, 0) is 11.2 Å². The lowest BCUT2D eigenvalue weighted by Crippen LogP contribution is -2.44. The van der Waals surface area contributed by atoms with E-state index in [4.69, 9.17) is 4.74 Å². The van der Waals surface area contributed by atoms with Crippen molar-refractivity contribution in [2.45, 2.75) is 57.8 Å². The topological polar surface area (TPSA) is 49.9 Å². The lowest BCUT2D eigenvalue weighted by Gasteiger charge is -2.27. The molecule has 96 valence electrons. The Bertz CT molecular complexity index is 357. The molecule has 1 aromatic rings. The van der Waals surface area contributed by atoms with Gasteiger partial charge in [0.1, 0.15) is 5.82 Å². The van der Waals surface area contributed by atoms with Gasteiger partial charge in [-0.3, -0.25) is 0 Å².